The van der Waals surface area contributed by atoms with Gasteiger partial charge in [0, 0.05) is 65.0 Å². The number of allylic oxidation sites excluding steroid dienone is 4. The minimum absolute atomic E-state index is 0.0762. The fourth-order valence-corrected chi connectivity index (χ4v) is 6.81. The lowest BCUT2D eigenvalue weighted by molar-refractivity contribution is -0.119. The summed E-state index contributed by atoms with van der Waals surface area (Å²) in [5, 5.41) is 0. The summed E-state index contributed by atoms with van der Waals surface area (Å²) in [6, 6.07) is 12.0. The molecule has 2 aliphatic carbocycles. The number of ether oxygens (including phenoxy) is 2. The molecule has 0 radical (unpaired) electrons. The summed E-state index contributed by atoms with van der Waals surface area (Å²) in [6.07, 6.45) is 2.31. The van der Waals surface area contributed by atoms with E-state index < -0.39 is 5.92 Å². The number of halogens is 2. The normalized spacial score (nSPS) is 20.5. The van der Waals surface area contributed by atoms with E-state index in [2.05, 4.69) is 48.5 Å². The molecule has 40 heavy (non-hydrogen) atoms. The Morgan fingerprint density at radius 1 is 0.900 bits per heavy atom. The maximum atomic E-state index is 14.0. The molecule has 0 unspecified atom stereocenters. The Labute approximate surface area is 244 Å². The first-order chi connectivity index (χ1) is 18.9. The lowest BCUT2D eigenvalue weighted by atomic mass is 9.63. The molecular weight excluding hydrogens is 573 g/mol. The summed E-state index contributed by atoms with van der Waals surface area (Å²) < 4.78 is 26.1. The third-order valence-corrected chi connectivity index (χ3v) is 8.62. The smallest absolute Gasteiger partial charge is 0.162 e. The molecular formula is C33H37BrFNO4. The number of Topliss-reactive ketones (excluding diaryl/α,β-unsaturated/α-hetero) is 2. The topological polar surface area (TPSA) is 55.8 Å². The average molecular weight is 611 g/mol. The highest BCUT2D eigenvalue weighted by Crippen LogP contribution is 2.55. The number of methoxy groups -OCH3 is 1. The van der Waals surface area contributed by atoms with Gasteiger partial charge >= 0.3 is 0 Å². The van der Waals surface area contributed by atoms with Crippen molar-refractivity contribution in [3.05, 3.63) is 86.4 Å². The molecule has 0 saturated heterocycles. The molecule has 0 atom stereocenters. The summed E-state index contributed by atoms with van der Waals surface area (Å²) >= 11 is 3.63. The first-order valence-electron chi connectivity index (χ1n) is 13.8. The lowest BCUT2D eigenvalue weighted by Crippen LogP contribution is -2.45. The Morgan fingerprint density at radius 2 is 1.48 bits per heavy atom. The molecule has 7 heteroatoms. The number of hydrogen-bond acceptors (Lipinski definition) is 5. The Bertz CT molecular complexity index is 1350. The van der Waals surface area contributed by atoms with E-state index in [0.29, 0.717) is 42.9 Å². The standard InChI is InChI=1S/C33H37BrFNO4/c1-32(2)15-24-30(26(37)17-32)29(31-25(36(24)12-13-39-5)16-33(3,4)18-27(31)38)23-14-21(34)8-11-28(23)40-19-20-6-9-22(35)10-7-20/h6-11,14,29H,12-13,15-19H2,1-5H3. The molecule has 1 aliphatic heterocycles. The van der Waals surface area contributed by atoms with E-state index in [-0.39, 0.29) is 34.8 Å². The molecule has 0 aromatic heterocycles. The van der Waals surface area contributed by atoms with Crippen molar-refractivity contribution in [2.24, 2.45) is 10.8 Å². The van der Waals surface area contributed by atoms with Gasteiger partial charge in [-0.05, 0) is 59.6 Å². The number of ketones is 2. The maximum Gasteiger partial charge on any atom is 0.162 e. The molecule has 2 aromatic carbocycles. The van der Waals surface area contributed by atoms with Gasteiger partial charge in [-0.2, -0.15) is 0 Å². The molecule has 5 nitrogen and oxygen atoms in total. The second-order valence-corrected chi connectivity index (χ2v) is 13.7. The highest BCUT2D eigenvalue weighted by molar-refractivity contribution is 9.10. The molecule has 5 rings (SSSR count). The molecule has 1 heterocycles. The van der Waals surface area contributed by atoms with E-state index in [0.717, 1.165) is 39.8 Å². The van der Waals surface area contributed by atoms with Gasteiger partial charge in [0.05, 0.1) is 6.61 Å². The van der Waals surface area contributed by atoms with Crippen LogP contribution in [0.25, 0.3) is 0 Å². The van der Waals surface area contributed by atoms with Gasteiger partial charge in [0.15, 0.2) is 11.6 Å². The number of nitrogens with zero attached hydrogens (tertiary/aromatic N) is 1. The fourth-order valence-electron chi connectivity index (χ4n) is 6.43. The molecule has 0 amide bonds. The third-order valence-electron chi connectivity index (χ3n) is 8.13. The Balaban J connectivity index is 1.69. The highest BCUT2D eigenvalue weighted by Gasteiger charge is 2.49. The highest BCUT2D eigenvalue weighted by atomic mass is 79.9. The van der Waals surface area contributed by atoms with E-state index in [1.807, 2.05) is 18.2 Å². The summed E-state index contributed by atoms with van der Waals surface area (Å²) in [7, 11) is 1.68. The van der Waals surface area contributed by atoms with Crippen LogP contribution in [0.15, 0.2) is 69.5 Å². The summed E-state index contributed by atoms with van der Waals surface area (Å²) in [6.45, 7) is 9.84. The van der Waals surface area contributed by atoms with Crippen LogP contribution in [0.5, 0.6) is 5.75 Å². The quantitative estimate of drug-likeness (QED) is 0.325. The van der Waals surface area contributed by atoms with Crippen molar-refractivity contribution in [3.63, 3.8) is 0 Å². The van der Waals surface area contributed by atoms with Gasteiger partial charge in [0.2, 0.25) is 0 Å². The number of rotatable bonds is 7. The van der Waals surface area contributed by atoms with Gasteiger partial charge in [-0.15, -0.1) is 0 Å². The molecule has 0 bridgehead atoms. The van der Waals surface area contributed by atoms with E-state index in [4.69, 9.17) is 9.47 Å². The Morgan fingerprint density at radius 3 is 2.02 bits per heavy atom. The second-order valence-electron chi connectivity index (χ2n) is 12.8. The number of carbonyl (C=O) groups excluding carboxylic acids is 2. The average Bonchev–Trinajstić information content (AvgIpc) is 2.86. The number of hydrogen-bond donors (Lipinski definition) is 0. The van der Waals surface area contributed by atoms with Crippen molar-refractivity contribution in [2.45, 2.75) is 65.9 Å². The largest absolute Gasteiger partial charge is 0.489 e. The minimum Gasteiger partial charge on any atom is -0.489 e. The SMILES string of the molecule is COCCN1C2=C(C(=O)CC(C)(C)C2)C(c2cc(Br)ccc2OCc2ccc(F)cc2)C2=C1CC(C)(C)CC2=O. The van der Waals surface area contributed by atoms with Crippen LogP contribution in [0.1, 0.15) is 70.4 Å². The van der Waals surface area contributed by atoms with E-state index in [1.54, 1.807) is 19.2 Å². The van der Waals surface area contributed by atoms with Crippen molar-refractivity contribution < 1.29 is 23.5 Å². The molecule has 2 aromatic rings. The van der Waals surface area contributed by atoms with Crippen LogP contribution in [0, 0.1) is 16.6 Å². The first-order valence-corrected chi connectivity index (χ1v) is 14.6. The molecule has 0 N–H and O–H groups in total. The summed E-state index contributed by atoms with van der Waals surface area (Å²) in [5.74, 6) is -0.0575. The monoisotopic (exact) mass is 609 g/mol. The summed E-state index contributed by atoms with van der Waals surface area (Å²) in [5.41, 5.74) is 4.63. The van der Waals surface area contributed by atoms with Gasteiger partial charge in [-0.3, -0.25) is 9.59 Å². The second kappa shape index (κ2) is 10.9. The molecule has 3 aliphatic rings. The van der Waals surface area contributed by atoms with Gasteiger partial charge in [-0.1, -0.05) is 55.8 Å². The van der Waals surface area contributed by atoms with Crippen LogP contribution in [-0.2, 0) is 20.9 Å². The number of benzene rings is 2. The lowest BCUT2D eigenvalue weighted by Gasteiger charge is -2.49. The molecule has 0 saturated carbocycles. The van der Waals surface area contributed by atoms with Gasteiger partial charge in [-0.25, -0.2) is 4.39 Å². The van der Waals surface area contributed by atoms with Crippen LogP contribution >= 0.6 is 15.9 Å². The van der Waals surface area contributed by atoms with Gasteiger partial charge < -0.3 is 14.4 Å². The Kier molecular flexibility index (Phi) is 7.83. The molecule has 0 spiro atoms. The van der Waals surface area contributed by atoms with Crippen molar-refractivity contribution in [1.29, 1.82) is 0 Å². The predicted molar refractivity (Wildman–Crippen MR) is 156 cm³/mol. The zero-order chi connectivity index (χ0) is 28.8. The van der Waals surface area contributed by atoms with Gasteiger partial charge in [0.25, 0.3) is 0 Å². The Hall–Kier alpha value is -2.77. The van der Waals surface area contributed by atoms with Crippen LogP contribution < -0.4 is 4.74 Å². The van der Waals surface area contributed by atoms with Gasteiger partial charge in [0.1, 0.15) is 18.2 Å². The summed E-state index contributed by atoms with van der Waals surface area (Å²) in [4.78, 5) is 30.3. The van der Waals surface area contributed by atoms with Crippen LogP contribution in [-0.4, -0.2) is 36.7 Å². The van der Waals surface area contributed by atoms with Crippen molar-refractivity contribution in [3.8, 4) is 5.75 Å². The predicted octanol–water partition coefficient (Wildman–Crippen LogP) is 7.50. The van der Waals surface area contributed by atoms with Crippen molar-refractivity contribution >= 4 is 27.5 Å². The third kappa shape index (κ3) is 5.68. The van der Waals surface area contributed by atoms with E-state index in [1.165, 1.54) is 12.1 Å². The van der Waals surface area contributed by atoms with Crippen molar-refractivity contribution in [1.82, 2.24) is 4.90 Å². The minimum atomic E-state index is -0.517. The van der Waals surface area contributed by atoms with Crippen LogP contribution in [0.2, 0.25) is 0 Å². The van der Waals surface area contributed by atoms with E-state index >= 15 is 0 Å². The molecule has 0 fully saturated rings. The van der Waals surface area contributed by atoms with E-state index in [9.17, 15) is 14.0 Å². The molecule has 212 valence electrons. The zero-order valence-corrected chi connectivity index (χ0v) is 25.5. The van der Waals surface area contributed by atoms with Crippen LogP contribution in [0.4, 0.5) is 4.39 Å². The number of carbonyl (C=O) groups is 2. The maximum absolute atomic E-state index is 14.0. The first kappa shape index (κ1) is 28.7. The zero-order valence-electron chi connectivity index (χ0n) is 23.9. The van der Waals surface area contributed by atoms with Crippen molar-refractivity contribution in [2.75, 3.05) is 20.3 Å². The van der Waals surface area contributed by atoms with Crippen LogP contribution in [0.3, 0.4) is 0 Å². The fraction of sp³-hybridized carbons (Fsp3) is 0.455.